The Balaban J connectivity index is 1.68. The topological polar surface area (TPSA) is 104 Å². The Hall–Kier alpha value is -3.43. The van der Waals surface area contributed by atoms with E-state index in [9.17, 15) is 8.42 Å². The highest BCUT2D eigenvalue weighted by molar-refractivity contribution is 7.89. The van der Waals surface area contributed by atoms with Gasteiger partial charge >= 0.3 is 0 Å². The smallest absolute Gasteiger partial charge is 0.240 e. The van der Waals surface area contributed by atoms with Crippen molar-refractivity contribution in [3.8, 4) is 23.0 Å². The monoisotopic (exact) mass is 425 g/mol. The lowest BCUT2D eigenvalue weighted by Crippen LogP contribution is -2.23. The van der Waals surface area contributed by atoms with Crippen molar-refractivity contribution in [2.75, 3.05) is 14.2 Å². The summed E-state index contributed by atoms with van der Waals surface area (Å²) in [6.45, 7) is 0.154. The fourth-order valence-electron chi connectivity index (χ4n) is 3.01. The highest BCUT2D eigenvalue weighted by Gasteiger charge is 2.18. The second kappa shape index (κ2) is 8.13. The van der Waals surface area contributed by atoms with Crippen molar-refractivity contribution >= 4 is 20.8 Å². The molecule has 0 spiro atoms. The molecular weight excluding hydrogens is 406 g/mol. The predicted octanol–water partition coefficient (Wildman–Crippen LogP) is 3.39. The van der Waals surface area contributed by atoms with Crippen molar-refractivity contribution in [2.45, 2.75) is 11.4 Å². The van der Waals surface area contributed by atoms with Crippen molar-refractivity contribution < 1.29 is 22.4 Å². The first-order valence-electron chi connectivity index (χ1n) is 9.02. The van der Waals surface area contributed by atoms with Crippen molar-refractivity contribution in [3.05, 3.63) is 66.4 Å². The molecule has 154 valence electrons. The van der Waals surface area contributed by atoms with Crippen LogP contribution in [0.2, 0.25) is 0 Å². The predicted molar refractivity (Wildman–Crippen MR) is 111 cm³/mol. The average Bonchev–Trinajstić information content (AvgIpc) is 3.31. The van der Waals surface area contributed by atoms with E-state index in [1.165, 1.54) is 13.4 Å². The van der Waals surface area contributed by atoms with Crippen molar-refractivity contribution in [1.82, 2.24) is 14.9 Å². The molecule has 0 atom stereocenters. The second-order valence-corrected chi connectivity index (χ2v) is 8.22. The van der Waals surface area contributed by atoms with Gasteiger partial charge in [0.2, 0.25) is 15.9 Å². The molecule has 0 aliphatic rings. The van der Waals surface area contributed by atoms with Gasteiger partial charge in [0.1, 0.15) is 23.4 Å². The Bertz CT molecular complexity index is 1270. The fourth-order valence-corrected chi connectivity index (χ4v) is 4.05. The number of hydrogen-bond acceptors (Lipinski definition) is 7. The Morgan fingerprint density at radius 3 is 2.47 bits per heavy atom. The maximum absolute atomic E-state index is 12.9. The summed E-state index contributed by atoms with van der Waals surface area (Å²) in [4.78, 5) is 4.55. The SMILES string of the molecule is COc1ccc(CNS(=O)(=O)c2ccc3cc(OC)nc(-c4ccon4)c3c2)cc1. The minimum absolute atomic E-state index is 0.125. The van der Waals surface area contributed by atoms with Crippen molar-refractivity contribution in [2.24, 2.45) is 0 Å². The number of methoxy groups -OCH3 is 2. The van der Waals surface area contributed by atoms with Gasteiger partial charge in [0.15, 0.2) is 0 Å². The van der Waals surface area contributed by atoms with Crippen LogP contribution in [0.5, 0.6) is 11.6 Å². The van der Waals surface area contributed by atoms with Gasteiger partial charge in [0.25, 0.3) is 0 Å². The van der Waals surface area contributed by atoms with E-state index in [0.29, 0.717) is 28.4 Å². The molecule has 0 saturated carbocycles. The van der Waals surface area contributed by atoms with Crippen molar-refractivity contribution in [1.29, 1.82) is 0 Å². The number of hydrogen-bond donors (Lipinski definition) is 1. The summed E-state index contributed by atoms with van der Waals surface area (Å²) in [6.07, 6.45) is 1.43. The van der Waals surface area contributed by atoms with Gasteiger partial charge in [-0.1, -0.05) is 23.4 Å². The van der Waals surface area contributed by atoms with Crippen LogP contribution in [0.4, 0.5) is 0 Å². The van der Waals surface area contributed by atoms with Crippen LogP contribution in [-0.2, 0) is 16.6 Å². The van der Waals surface area contributed by atoms with E-state index in [1.54, 1.807) is 61.7 Å². The summed E-state index contributed by atoms with van der Waals surface area (Å²) in [6, 6.07) is 15.4. The van der Waals surface area contributed by atoms with E-state index in [1.807, 2.05) is 0 Å². The lowest BCUT2D eigenvalue weighted by molar-refractivity contribution is 0.398. The lowest BCUT2D eigenvalue weighted by Gasteiger charge is -2.11. The molecule has 8 nitrogen and oxygen atoms in total. The number of rotatable bonds is 7. The molecule has 4 aromatic rings. The third kappa shape index (κ3) is 3.98. The fraction of sp³-hybridized carbons (Fsp3) is 0.143. The maximum Gasteiger partial charge on any atom is 0.240 e. The molecule has 2 aromatic heterocycles. The van der Waals surface area contributed by atoms with Gasteiger partial charge in [0, 0.05) is 24.1 Å². The van der Waals surface area contributed by atoms with E-state index in [2.05, 4.69) is 14.9 Å². The maximum atomic E-state index is 12.9. The Morgan fingerprint density at radius 2 is 1.80 bits per heavy atom. The first-order chi connectivity index (χ1) is 14.5. The van der Waals surface area contributed by atoms with Gasteiger partial charge in [0.05, 0.1) is 19.1 Å². The molecule has 0 unspecified atom stereocenters. The first kappa shape index (κ1) is 19.9. The highest BCUT2D eigenvalue weighted by Crippen LogP contribution is 2.31. The van der Waals surface area contributed by atoms with Gasteiger partial charge < -0.3 is 14.0 Å². The molecule has 2 aromatic carbocycles. The van der Waals surface area contributed by atoms with Gasteiger partial charge in [-0.25, -0.2) is 18.1 Å². The van der Waals surface area contributed by atoms with Gasteiger partial charge in [-0.15, -0.1) is 0 Å². The third-order valence-corrected chi connectivity index (χ3v) is 6.01. The molecule has 2 heterocycles. The van der Waals surface area contributed by atoms with E-state index < -0.39 is 10.0 Å². The van der Waals surface area contributed by atoms with Crippen LogP contribution < -0.4 is 14.2 Å². The number of ether oxygens (including phenoxy) is 2. The van der Waals surface area contributed by atoms with E-state index in [4.69, 9.17) is 14.0 Å². The first-order valence-corrected chi connectivity index (χ1v) is 10.5. The van der Waals surface area contributed by atoms with Crippen LogP contribution >= 0.6 is 0 Å². The van der Waals surface area contributed by atoms with E-state index >= 15 is 0 Å². The molecular formula is C21H19N3O5S. The molecule has 9 heteroatoms. The van der Waals surface area contributed by atoms with Crippen LogP contribution in [0, 0.1) is 0 Å². The highest BCUT2D eigenvalue weighted by atomic mass is 32.2. The van der Waals surface area contributed by atoms with E-state index in [-0.39, 0.29) is 11.4 Å². The van der Waals surface area contributed by atoms with Crippen LogP contribution in [0.15, 0.2) is 70.3 Å². The molecule has 0 fully saturated rings. The molecule has 4 rings (SSSR count). The quantitative estimate of drug-likeness (QED) is 0.484. The van der Waals surface area contributed by atoms with Gasteiger partial charge in [-0.2, -0.15) is 0 Å². The summed E-state index contributed by atoms with van der Waals surface area (Å²) in [5.74, 6) is 1.10. The van der Waals surface area contributed by atoms with Crippen LogP contribution in [0.1, 0.15) is 5.56 Å². The number of aromatic nitrogens is 2. The Kier molecular flexibility index (Phi) is 5.39. The minimum Gasteiger partial charge on any atom is -0.497 e. The summed E-state index contributed by atoms with van der Waals surface area (Å²) in [7, 11) is -0.656. The van der Waals surface area contributed by atoms with Gasteiger partial charge in [-0.3, -0.25) is 0 Å². The number of fused-ring (bicyclic) bond motifs is 1. The van der Waals surface area contributed by atoms with Gasteiger partial charge in [-0.05, 0) is 35.2 Å². The molecule has 1 N–H and O–H groups in total. The Morgan fingerprint density at radius 1 is 1.00 bits per heavy atom. The second-order valence-electron chi connectivity index (χ2n) is 6.45. The number of nitrogens with zero attached hydrogens (tertiary/aromatic N) is 2. The molecule has 0 saturated heterocycles. The Labute approximate surface area is 173 Å². The largest absolute Gasteiger partial charge is 0.497 e. The summed E-state index contributed by atoms with van der Waals surface area (Å²) < 4.78 is 43.7. The normalized spacial score (nSPS) is 11.5. The molecule has 30 heavy (non-hydrogen) atoms. The van der Waals surface area contributed by atoms with E-state index in [0.717, 1.165) is 10.9 Å². The number of sulfonamides is 1. The molecule has 0 aliphatic carbocycles. The zero-order valence-corrected chi connectivity index (χ0v) is 17.1. The molecule has 0 bridgehead atoms. The van der Waals surface area contributed by atoms with Crippen LogP contribution in [0.3, 0.4) is 0 Å². The summed E-state index contributed by atoms with van der Waals surface area (Å²) in [5.41, 5.74) is 1.78. The summed E-state index contributed by atoms with van der Waals surface area (Å²) >= 11 is 0. The number of benzene rings is 2. The van der Waals surface area contributed by atoms with Crippen molar-refractivity contribution in [3.63, 3.8) is 0 Å². The summed E-state index contributed by atoms with van der Waals surface area (Å²) in [5, 5.41) is 5.32. The van der Waals surface area contributed by atoms with Crippen LogP contribution in [0.25, 0.3) is 22.2 Å². The zero-order valence-electron chi connectivity index (χ0n) is 16.3. The van der Waals surface area contributed by atoms with Crippen LogP contribution in [-0.4, -0.2) is 32.8 Å². The lowest BCUT2D eigenvalue weighted by atomic mass is 10.1. The molecule has 0 amide bonds. The standard InChI is InChI=1S/C21H19N3O5S/c1-27-16-6-3-14(4-7-16)13-22-30(25,26)17-8-5-15-11-20(28-2)23-21(18(15)12-17)19-9-10-29-24-19/h3-12,22H,13H2,1-2H3. The zero-order chi connectivity index (χ0) is 21.1. The number of pyridine rings is 1. The molecule has 0 radical (unpaired) electrons. The number of nitrogens with one attached hydrogen (secondary N) is 1. The third-order valence-electron chi connectivity index (χ3n) is 4.61. The average molecular weight is 425 g/mol. The molecule has 0 aliphatic heterocycles. The minimum atomic E-state index is -3.75.